The molecule has 0 bridgehead atoms. The molecule has 3 N–H and O–H groups in total. The number of hydrogen-bond acceptors (Lipinski definition) is 4. The number of ketones is 1. The number of benzene rings is 1. The summed E-state index contributed by atoms with van der Waals surface area (Å²) >= 11 is 1.46. The molecule has 1 aromatic carbocycles. The van der Waals surface area contributed by atoms with Crippen LogP contribution in [0, 0.1) is 0 Å². The van der Waals surface area contributed by atoms with Gasteiger partial charge >= 0.3 is 0 Å². The van der Waals surface area contributed by atoms with Gasteiger partial charge in [0.2, 0.25) is 5.91 Å². The Labute approximate surface area is 156 Å². The number of carbonyl (C=O) groups is 3. The fourth-order valence-electron chi connectivity index (χ4n) is 3.28. The lowest BCUT2D eigenvalue weighted by Gasteiger charge is -2.11. The molecule has 1 aliphatic carbocycles. The van der Waals surface area contributed by atoms with Gasteiger partial charge in [0, 0.05) is 23.3 Å². The molecule has 2 amide bonds. The monoisotopic (exact) mass is 370 g/mol. The smallest absolute Gasteiger partial charge is 0.251 e. The molecular weight excluding hydrogens is 348 g/mol. The van der Waals surface area contributed by atoms with Crippen molar-refractivity contribution in [3.05, 3.63) is 51.9 Å². The van der Waals surface area contributed by atoms with E-state index in [0.29, 0.717) is 29.0 Å². The molecule has 5 nitrogen and oxygen atoms in total. The Hall–Kier alpha value is -2.47. The molecule has 0 aliphatic heterocycles. The van der Waals surface area contributed by atoms with E-state index in [2.05, 4.69) is 5.32 Å². The van der Waals surface area contributed by atoms with Crippen LogP contribution in [0.5, 0.6) is 0 Å². The first-order valence-corrected chi connectivity index (χ1v) is 9.70. The van der Waals surface area contributed by atoms with Crippen molar-refractivity contribution >= 4 is 33.9 Å². The molecule has 0 saturated heterocycles. The minimum absolute atomic E-state index is 0.0304. The number of primary amides is 1. The van der Waals surface area contributed by atoms with Crippen molar-refractivity contribution in [3.8, 4) is 0 Å². The van der Waals surface area contributed by atoms with Crippen LogP contribution < -0.4 is 11.1 Å². The van der Waals surface area contributed by atoms with Crippen LogP contribution in [0.15, 0.2) is 30.3 Å². The highest BCUT2D eigenvalue weighted by Gasteiger charge is 2.24. The van der Waals surface area contributed by atoms with E-state index in [9.17, 15) is 14.4 Å². The van der Waals surface area contributed by atoms with E-state index in [0.717, 1.165) is 36.1 Å². The first-order chi connectivity index (χ1) is 12.6. The van der Waals surface area contributed by atoms with Crippen molar-refractivity contribution in [2.75, 3.05) is 5.32 Å². The van der Waals surface area contributed by atoms with Crippen molar-refractivity contribution in [2.24, 2.45) is 5.73 Å². The maximum absolute atomic E-state index is 12.3. The maximum atomic E-state index is 12.3. The fourth-order valence-corrected chi connectivity index (χ4v) is 4.59. The van der Waals surface area contributed by atoms with E-state index in [1.54, 1.807) is 12.1 Å². The molecule has 6 heteroatoms. The van der Waals surface area contributed by atoms with E-state index in [1.807, 2.05) is 18.2 Å². The van der Waals surface area contributed by atoms with Gasteiger partial charge in [-0.3, -0.25) is 14.4 Å². The summed E-state index contributed by atoms with van der Waals surface area (Å²) < 4.78 is 0. The summed E-state index contributed by atoms with van der Waals surface area (Å²) in [7, 11) is 0. The first kappa shape index (κ1) is 18.3. The number of hydrogen-bond donors (Lipinski definition) is 2. The van der Waals surface area contributed by atoms with Crippen LogP contribution in [-0.4, -0.2) is 17.6 Å². The number of thiophene rings is 1. The summed E-state index contributed by atoms with van der Waals surface area (Å²) in [4.78, 5) is 37.3. The lowest BCUT2D eigenvalue weighted by atomic mass is 9.95. The molecule has 0 saturated carbocycles. The molecule has 0 unspecified atom stereocenters. The molecule has 1 heterocycles. The van der Waals surface area contributed by atoms with Gasteiger partial charge in [-0.2, -0.15) is 0 Å². The van der Waals surface area contributed by atoms with Gasteiger partial charge in [-0.05, 0) is 37.7 Å². The molecule has 3 rings (SSSR count). The summed E-state index contributed by atoms with van der Waals surface area (Å²) in [5.41, 5.74) is 7.67. The van der Waals surface area contributed by atoms with Gasteiger partial charge in [0.15, 0.2) is 5.78 Å². The Morgan fingerprint density at radius 3 is 2.50 bits per heavy atom. The van der Waals surface area contributed by atoms with Crippen LogP contribution >= 0.6 is 11.3 Å². The number of amides is 2. The molecule has 136 valence electrons. The summed E-state index contributed by atoms with van der Waals surface area (Å²) in [5.74, 6) is -0.645. The Bertz CT molecular complexity index is 827. The molecule has 0 radical (unpaired) electrons. The second kappa shape index (κ2) is 8.27. The largest absolute Gasteiger partial charge is 0.365 e. The van der Waals surface area contributed by atoms with Crippen LogP contribution in [-0.2, 0) is 17.6 Å². The van der Waals surface area contributed by atoms with Gasteiger partial charge in [0.25, 0.3) is 5.91 Å². The van der Waals surface area contributed by atoms with Gasteiger partial charge < -0.3 is 11.1 Å². The van der Waals surface area contributed by atoms with Crippen LogP contribution in [0.2, 0.25) is 0 Å². The van der Waals surface area contributed by atoms with E-state index in [1.165, 1.54) is 11.3 Å². The van der Waals surface area contributed by atoms with Gasteiger partial charge in [-0.1, -0.05) is 30.3 Å². The second-order valence-corrected chi connectivity index (χ2v) is 7.58. The second-order valence-electron chi connectivity index (χ2n) is 6.47. The molecule has 26 heavy (non-hydrogen) atoms. The van der Waals surface area contributed by atoms with Crippen molar-refractivity contribution in [3.63, 3.8) is 0 Å². The van der Waals surface area contributed by atoms with E-state index in [-0.39, 0.29) is 18.1 Å². The van der Waals surface area contributed by atoms with E-state index in [4.69, 9.17) is 5.73 Å². The van der Waals surface area contributed by atoms with Gasteiger partial charge in [0.1, 0.15) is 5.00 Å². The highest BCUT2D eigenvalue weighted by Crippen LogP contribution is 2.37. The number of Topliss-reactive ketones (excluding diaryl/α,β-unsaturated/α-hetero) is 1. The van der Waals surface area contributed by atoms with Gasteiger partial charge in [0.05, 0.1) is 5.56 Å². The number of fused-ring (bicyclic) bond motifs is 1. The predicted octanol–water partition coefficient (Wildman–Crippen LogP) is 3.72. The lowest BCUT2D eigenvalue weighted by Crippen LogP contribution is -2.18. The number of nitrogens with two attached hydrogens (primary N) is 1. The summed E-state index contributed by atoms with van der Waals surface area (Å²) in [6.07, 6.45) is 4.93. The summed E-state index contributed by atoms with van der Waals surface area (Å²) in [6.45, 7) is 0. The SMILES string of the molecule is NC(=O)c1c(NC(=O)CCCC(=O)c2ccccc2)sc2c1CCCC2. The molecule has 1 aliphatic rings. The van der Waals surface area contributed by atoms with Crippen molar-refractivity contribution < 1.29 is 14.4 Å². The van der Waals surface area contributed by atoms with Crippen molar-refractivity contribution in [1.82, 2.24) is 0 Å². The van der Waals surface area contributed by atoms with E-state index < -0.39 is 5.91 Å². The molecule has 0 atom stereocenters. The van der Waals surface area contributed by atoms with Crippen LogP contribution in [0.25, 0.3) is 0 Å². The number of anilines is 1. The predicted molar refractivity (Wildman–Crippen MR) is 103 cm³/mol. The minimum atomic E-state index is -0.487. The van der Waals surface area contributed by atoms with Crippen molar-refractivity contribution in [1.29, 1.82) is 0 Å². The lowest BCUT2D eigenvalue weighted by molar-refractivity contribution is -0.116. The van der Waals surface area contributed by atoms with Crippen LogP contribution in [0.3, 0.4) is 0 Å². The van der Waals surface area contributed by atoms with Crippen LogP contribution in [0.4, 0.5) is 5.00 Å². The summed E-state index contributed by atoms with van der Waals surface area (Å²) in [5, 5.41) is 3.39. The Kier molecular flexibility index (Phi) is 5.83. The fraction of sp³-hybridized carbons (Fsp3) is 0.350. The van der Waals surface area contributed by atoms with E-state index >= 15 is 0 Å². The maximum Gasteiger partial charge on any atom is 0.251 e. The summed E-state index contributed by atoms with van der Waals surface area (Å²) in [6, 6.07) is 9.06. The molecule has 0 spiro atoms. The topological polar surface area (TPSA) is 89.3 Å². The zero-order chi connectivity index (χ0) is 18.5. The number of rotatable bonds is 7. The zero-order valence-electron chi connectivity index (χ0n) is 14.5. The first-order valence-electron chi connectivity index (χ1n) is 8.88. The van der Waals surface area contributed by atoms with Crippen LogP contribution in [0.1, 0.15) is 63.3 Å². The van der Waals surface area contributed by atoms with Gasteiger partial charge in [-0.15, -0.1) is 11.3 Å². The normalized spacial score (nSPS) is 13.1. The third kappa shape index (κ3) is 4.19. The molecule has 1 aromatic heterocycles. The number of nitrogens with one attached hydrogen (secondary N) is 1. The minimum Gasteiger partial charge on any atom is -0.365 e. The average molecular weight is 370 g/mol. The standard InChI is InChI=1S/C20H22N2O3S/c21-19(25)18-14-9-4-5-11-16(14)26-20(18)22-17(24)12-6-10-15(23)13-7-2-1-3-8-13/h1-3,7-8H,4-6,9-12H2,(H2,21,25)(H,22,24). The van der Waals surface area contributed by atoms with Crippen molar-refractivity contribution in [2.45, 2.75) is 44.9 Å². The third-order valence-corrected chi connectivity index (χ3v) is 5.78. The quantitative estimate of drug-likeness (QED) is 0.728. The number of carbonyl (C=O) groups excluding carboxylic acids is 3. The Balaban J connectivity index is 1.58. The number of aryl methyl sites for hydroxylation is 1. The Morgan fingerprint density at radius 2 is 1.77 bits per heavy atom. The highest BCUT2D eigenvalue weighted by molar-refractivity contribution is 7.17. The van der Waals surface area contributed by atoms with Gasteiger partial charge in [-0.25, -0.2) is 0 Å². The molecular formula is C20H22N2O3S. The zero-order valence-corrected chi connectivity index (χ0v) is 15.4. The Morgan fingerprint density at radius 1 is 1.04 bits per heavy atom. The molecule has 0 fully saturated rings. The molecule has 2 aromatic rings. The third-order valence-electron chi connectivity index (χ3n) is 4.57. The highest BCUT2D eigenvalue weighted by atomic mass is 32.1. The average Bonchev–Trinajstić information content (AvgIpc) is 3.00.